The summed E-state index contributed by atoms with van der Waals surface area (Å²) in [5, 5.41) is 4.07. The molecular weight excluding hydrogens is 222 g/mol. The maximum Gasteiger partial charge on any atom is 0.313 e. The van der Waals surface area contributed by atoms with Crippen LogP contribution in [0.15, 0.2) is 16.8 Å². The average molecular weight is 241 g/mol. The fourth-order valence-corrected chi connectivity index (χ4v) is 2.38. The van der Waals surface area contributed by atoms with Crippen molar-refractivity contribution in [2.24, 2.45) is 11.1 Å². The molecule has 0 fully saturated rings. The SMILES string of the molecule is CCOC(=O)C(CC)(CN)Cc1ccsc1. The Morgan fingerprint density at radius 1 is 1.56 bits per heavy atom. The van der Waals surface area contributed by atoms with E-state index in [9.17, 15) is 4.79 Å². The molecule has 1 rings (SSSR count). The third-order valence-corrected chi connectivity index (χ3v) is 3.63. The Hall–Kier alpha value is -0.870. The number of rotatable bonds is 6. The van der Waals surface area contributed by atoms with Crippen LogP contribution in [0.2, 0.25) is 0 Å². The van der Waals surface area contributed by atoms with Crippen LogP contribution >= 0.6 is 11.3 Å². The molecule has 1 atom stereocenters. The maximum absolute atomic E-state index is 12.0. The maximum atomic E-state index is 12.0. The highest BCUT2D eigenvalue weighted by atomic mass is 32.1. The van der Waals surface area contributed by atoms with E-state index in [0.29, 0.717) is 26.0 Å². The molecule has 90 valence electrons. The molecule has 1 aromatic rings. The molecule has 2 N–H and O–H groups in total. The fourth-order valence-electron chi connectivity index (χ4n) is 1.71. The number of esters is 1. The second-order valence-electron chi connectivity index (χ2n) is 3.87. The predicted molar refractivity (Wildman–Crippen MR) is 66.4 cm³/mol. The van der Waals surface area contributed by atoms with Crippen molar-refractivity contribution >= 4 is 17.3 Å². The van der Waals surface area contributed by atoms with Crippen LogP contribution in [0.3, 0.4) is 0 Å². The van der Waals surface area contributed by atoms with Gasteiger partial charge in [0.25, 0.3) is 0 Å². The zero-order chi connectivity index (χ0) is 12.0. The molecule has 0 radical (unpaired) electrons. The van der Waals surface area contributed by atoms with E-state index in [1.54, 1.807) is 11.3 Å². The van der Waals surface area contributed by atoms with Gasteiger partial charge in [0.2, 0.25) is 0 Å². The van der Waals surface area contributed by atoms with Crippen LogP contribution in [0.1, 0.15) is 25.8 Å². The first kappa shape index (κ1) is 13.2. The summed E-state index contributed by atoms with van der Waals surface area (Å²) >= 11 is 1.63. The summed E-state index contributed by atoms with van der Waals surface area (Å²) in [4.78, 5) is 12.0. The Morgan fingerprint density at radius 2 is 2.31 bits per heavy atom. The standard InChI is InChI=1S/C12H19NO2S/c1-3-12(9-13,11(14)15-4-2)7-10-5-6-16-8-10/h5-6,8H,3-4,7,9,13H2,1-2H3. The molecule has 0 aromatic carbocycles. The number of carbonyl (C=O) groups excluding carboxylic acids is 1. The van der Waals surface area contributed by atoms with E-state index in [1.807, 2.05) is 25.3 Å². The van der Waals surface area contributed by atoms with E-state index in [1.165, 1.54) is 0 Å². The fraction of sp³-hybridized carbons (Fsp3) is 0.583. The van der Waals surface area contributed by atoms with Gasteiger partial charge in [-0.1, -0.05) is 6.92 Å². The first-order chi connectivity index (χ1) is 7.68. The molecule has 0 spiro atoms. The van der Waals surface area contributed by atoms with E-state index in [4.69, 9.17) is 10.5 Å². The van der Waals surface area contributed by atoms with E-state index < -0.39 is 5.41 Å². The normalized spacial score (nSPS) is 14.4. The number of carbonyl (C=O) groups is 1. The van der Waals surface area contributed by atoms with Crippen LogP contribution < -0.4 is 5.73 Å². The summed E-state index contributed by atoms with van der Waals surface area (Å²) in [7, 11) is 0. The molecule has 0 bridgehead atoms. The zero-order valence-corrected chi connectivity index (χ0v) is 10.7. The van der Waals surface area contributed by atoms with Gasteiger partial charge in [-0.2, -0.15) is 11.3 Å². The Kier molecular flexibility index (Phi) is 4.96. The van der Waals surface area contributed by atoms with Crippen molar-refractivity contribution in [1.82, 2.24) is 0 Å². The van der Waals surface area contributed by atoms with Gasteiger partial charge in [-0.25, -0.2) is 0 Å². The summed E-state index contributed by atoms with van der Waals surface area (Å²) in [6, 6.07) is 2.03. The van der Waals surface area contributed by atoms with Crippen molar-refractivity contribution < 1.29 is 9.53 Å². The third-order valence-electron chi connectivity index (χ3n) is 2.90. The van der Waals surface area contributed by atoms with E-state index in [2.05, 4.69) is 5.38 Å². The lowest BCUT2D eigenvalue weighted by Gasteiger charge is -2.28. The first-order valence-electron chi connectivity index (χ1n) is 5.57. The van der Waals surface area contributed by atoms with Crippen molar-refractivity contribution in [2.75, 3.05) is 13.2 Å². The highest BCUT2D eigenvalue weighted by Gasteiger charge is 2.37. The van der Waals surface area contributed by atoms with Crippen molar-refractivity contribution in [1.29, 1.82) is 0 Å². The molecule has 3 nitrogen and oxygen atoms in total. The van der Waals surface area contributed by atoms with Crippen molar-refractivity contribution in [2.45, 2.75) is 26.7 Å². The monoisotopic (exact) mass is 241 g/mol. The highest BCUT2D eigenvalue weighted by Crippen LogP contribution is 2.28. The Balaban J connectivity index is 2.83. The summed E-state index contributed by atoms with van der Waals surface area (Å²) < 4.78 is 5.12. The summed E-state index contributed by atoms with van der Waals surface area (Å²) in [5.74, 6) is -0.175. The second kappa shape index (κ2) is 6.01. The van der Waals surface area contributed by atoms with Crippen LogP contribution in [0.25, 0.3) is 0 Å². The molecule has 1 heterocycles. The minimum atomic E-state index is -0.558. The molecule has 0 aliphatic rings. The molecule has 1 unspecified atom stereocenters. The average Bonchev–Trinajstić information content (AvgIpc) is 2.79. The van der Waals surface area contributed by atoms with Crippen molar-refractivity contribution in [3.05, 3.63) is 22.4 Å². The lowest BCUT2D eigenvalue weighted by atomic mass is 9.80. The molecule has 16 heavy (non-hydrogen) atoms. The van der Waals surface area contributed by atoms with Gasteiger partial charge in [0.15, 0.2) is 0 Å². The van der Waals surface area contributed by atoms with Crippen LogP contribution in [-0.4, -0.2) is 19.1 Å². The molecule has 0 saturated carbocycles. The van der Waals surface area contributed by atoms with Gasteiger partial charge < -0.3 is 10.5 Å². The number of hydrogen-bond acceptors (Lipinski definition) is 4. The van der Waals surface area contributed by atoms with Crippen molar-refractivity contribution in [3.63, 3.8) is 0 Å². The predicted octanol–water partition coefficient (Wildman–Crippen LogP) is 2.21. The van der Waals surface area contributed by atoms with Crippen LogP contribution in [0.5, 0.6) is 0 Å². The number of thiophene rings is 1. The van der Waals surface area contributed by atoms with Gasteiger partial charge >= 0.3 is 5.97 Å². The molecule has 4 heteroatoms. The summed E-state index contributed by atoms with van der Waals surface area (Å²) in [6.45, 7) is 4.54. The van der Waals surface area contributed by atoms with Crippen LogP contribution in [0.4, 0.5) is 0 Å². The van der Waals surface area contributed by atoms with E-state index in [-0.39, 0.29) is 5.97 Å². The molecule has 0 amide bonds. The number of nitrogens with two attached hydrogens (primary N) is 1. The quantitative estimate of drug-likeness (QED) is 0.777. The lowest BCUT2D eigenvalue weighted by molar-refractivity contribution is -0.155. The zero-order valence-electron chi connectivity index (χ0n) is 9.86. The van der Waals surface area contributed by atoms with Crippen LogP contribution in [-0.2, 0) is 16.0 Å². The Labute approximate surface area is 101 Å². The van der Waals surface area contributed by atoms with Gasteiger partial charge in [-0.3, -0.25) is 4.79 Å². The first-order valence-corrected chi connectivity index (χ1v) is 6.51. The van der Waals surface area contributed by atoms with Crippen molar-refractivity contribution in [3.8, 4) is 0 Å². The van der Waals surface area contributed by atoms with Gasteiger partial charge in [0.1, 0.15) is 0 Å². The largest absolute Gasteiger partial charge is 0.466 e. The molecule has 1 aromatic heterocycles. The molecular formula is C12H19NO2S. The lowest BCUT2D eigenvalue weighted by Crippen LogP contribution is -2.41. The number of hydrogen-bond donors (Lipinski definition) is 1. The molecule has 0 saturated heterocycles. The Morgan fingerprint density at radius 3 is 2.75 bits per heavy atom. The van der Waals surface area contributed by atoms with E-state index in [0.717, 1.165) is 5.56 Å². The topological polar surface area (TPSA) is 52.3 Å². The smallest absolute Gasteiger partial charge is 0.313 e. The van der Waals surface area contributed by atoms with Gasteiger partial charge in [0.05, 0.1) is 12.0 Å². The minimum Gasteiger partial charge on any atom is -0.466 e. The van der Waals surface area contributed by atoms with Gasteiger partial charge in [-0.15, -0.1) is 0 Å². The Bertz CT molecular complexity index is 318. The van der Waals surface area contributed by atoms with E-state index >= 15 is 0 Å². The summed E-state index contributed by atoms with van der Waals surface area (Å²) in [6.07, 6.45) is 1.38. The third kappa shape index (κ3) is 2.83. The number of ether oxygens (including phenoxy) is 1. The van der Waals surface area contributed by atoms with Gasteiger partial charge in [0, 0.05) is 6.54 Å². The van der Waals surface area contributed by atoms with Gasteiger partial charge in [-0.05, 0) is 42.2 Å². The van der Waals surface area contributed by atoms with Crippen LogP contribution in [0, 0.1) is 5.41 Å². The highest BCUT2D eigenvalue weighted by molar-refractivity contribution is 7.07. The summed E-state index contributed by atoms with van der Waals surface area (Å²) in [5.41, 5.74) is 6.37. The minimum absolute atomic E-state index is 0.175. The molecule has 0 aliphatic heterocycles. The molecule has 0 aliphatic carbocycles. The second-order valence-corrected chi connectivity index (χ2v) is 4.65.